The molecule has 1 aromatic heterocycles. The largest absolute Gasteiger partial charge is 0.476 e. The van der Waals surface area contributed by atoms with Gasteiger partial charge in [-0.3, -0.25) is 4.79 Å². The molecule has 1 amide bonds. The molecule has 0 spiro atoms. The number of likely N-dealkylation sites (tertiary alicyclic amines) is 1. The van der Waals surface area contributed by atoms with Crippen LogP contribution in [0.15, 0.2) is 42.7 Å². The standard InChI is InChI=1S/C20H24N4O3/c1-2-16(14-6-4-3-5-7-14)19(25)24-10-8-15(9-11-24)23-18-13-21-17(12-22-18)20(26)27/h3-7,12-13,15-16H,2,8-11H2,1H3,(H,22,23)(H,26,27). The number of hydrogen-bond acceptors (Lipinski definition) is 5. The van der Waals surface area contributed by atoms with Gasteiger partial charge in [0.05, 0.1) is 18.3 Å². The highest BCUT2D eigenvalue weighted by Crippen LogP contribution is 2.24. The van der Waals surface area contributed by atoms with E-state index >= 15 is 0 Å². The van der Waals surface area contributed by atoms with Crippen LogP contribution in [-0.2, 0) is 4.79 Å². The van der Waals surface area contributed by atoms with Gasteiger partial charge in [-0.1, -0.05) is 37.3 Å². The fourth-order valence-corrected chi connectivity index (χ4v) is 3.42. The molecule has 2 N–H and O–H groups in total. The lowest BCUT2D eigenvalue weighted by atomic mass is 9.93. The lowest BCUT2D eigenvalue weighted by Crippen LogP contribution is -2.44. The third kappa shape index (κ3) is 4.61. The lowest BCUT2D eigenvalue weighted by Gasteiger charge is -2.34. The molecule has 27 heavy (non-hydrogen) atoms. The number of carbonyl (C=O) groups is 2. The van der Waals surface area contributed by atoms with E-state index in [-0.39, 0.29) is 23.6 Å². The van der Waals surface area contributed by atoms with Crippen LogP contribution in [0.1, 0.15) is 48.2 Å². The number of nitrogens with one attached hydrogen (secondary N) is 1. The fourth-order valence-electron chi connectivity index (χ4n) is 3.42. The molecule has 7 nitrogen and oxygen atoms in total. The van der Waals surface area contributed by atoms with Gasteiger partial charge in [-0.25, -0.2) is 14.8 Å². The van der Waals surface area contributed by atoms with Crippen molar-refractivity contribution in [1.82, 2.24) is 14.9 Å². The quantitative estimate of drug-likeness (QED) is 0.814. The maximum atomic E-state index is 12.9. The maximum absolute atomic E-state index is 12.9. The number of carboxylic acid groups (broad SMARTS) is 1. The zero-order valence-corrected chi connectivity index (χ0v) is 15.3. The monoisotopic (exact) mass is 368 g/mol. The zero-order chi connectivity index (χ0) is 19.2. The van der Waals surface area contributed by atoms with E-state index in [1.807, 2.05) is 42.2 Å². The molecule has 142 valence electrons. The van der Waals surface area contributed by atoms with E-state index in [0.717, 1.165) is 24.8 Å². The van der Waals surface area contributed by atoms with Gasteiger partial charge in [-0.05, 0) is 24.8 Å². The number of amides is 1. The number of hydrogen-bond donors (Lipinski definition) is 2. The van der Waals surface area contributed by atoms with Crippen molar-refractivity contribution in [3.63, 3.8) is 0 Å². The molecule has 1 fully saturated rings. The number of aromatic nitrogens is 2. The van der Waals surface area contributed by atoms with Crippen molar-refractivity contribution in [3.8, 4) is 0 Å². The molecule has 1 unspecified atom stereocenters. The molecule has 0 aliphatic carbocycles. The van der Waals surface area contributed by atoms with Crippen LogP contribution in [0.4, 0.5) is 5.82 Å². The molecule has 2 aromatic rings. The minimum Gasteiger partial charge on any atom is -0.476 e. The first kappa shape index (κ1) is 18.8. The maximum Gasteiger partial charge on any atom is 0.356 e. The van der Waals surface area contributed by atoms with E-state index < -0.39 is 5.97 Å². The Morgan fingerprint density at radius 2 is 1.89 bits per heavy atom. The van der Waals surface area contributed by atoms with Gasteiger partial charge in [0, 0.05) is 19.1 Å². The second-order valence-corrected chi connectivity index (χ2v) is 6.71. The summed E-state index contributed by atoms with van der Waals surface area (Å²) in [5.41, 5.74) is 0.992. The van der Waals surface area contributed by atoms with Gasteiger partial charge in [0.2, 0.25) is 5.91 Å². The van der Waals surface area contributed by atoms with Crippen molar-refractivity contribution in [2.45, 2.75) is 38.1 Å². The Hall–Kier alpha value is -2.96. The summed E-state index contributed by atoms with van der Waals surface area (Å²) in [5.74, 6) is -0.442. The summed E-state index contributed by atoms with van der Waals surface area (Å²) >= 11 is 0. The molecule has 1 saturated heterocycles. The van der Waals surface area contributed by atoms with E-state index in [1.54, 1.807) is 0 Å². The van der Waals surface area contributed by atoms with Gasteiger partial charge >= 0.3 is 5.97 Å². The third-order valence-electron chi connectivity index (χ3n) is 4.94. The molecule has 3 rings (SSSR count). The van der Waals surface area contributed by atoms with Gasteiger partial charge in [0.1, 0.15) is 5.82 Å². The Bertz CT molecular complexity index is 772. The first-order valence-electron chi connectivity index (χ1n) is 9.24. The van der Waals surface area contributed by atoms with Crippen molar-refractivity contribution in [3.05, 3.63) is 54.0 Å². The number of anilines is 1. The van der Waals surface area contributed by atoms with Crippen LogP contribution in [0.3, 0.4) is 0 Å². The highest BCUT2D eigenvalue weighted by atomic mass is 16.4. The molecule has 1 aliphatic rings. The smallest absolute Gasteiger partial charge is 0.356 e. The van der Waals surface area contributed by atoms with Gasteiger partial charge in [-0.2, -0.15) is 0 Å². The van der Waals surface area contributed by atoms with Crippen LogP contribution in [-0.4, -0.2) is 51.0 Å². The van der Waals surface area contributed by atoms with E-state index in [4.69, 9.17) is 5.11 Å². The summed E-state index contributed by atoms with van der Waals surface area (Å²) < 4.78 is 0. The number of aromatic carboxylic acids is 1. The third-order valence-corrected chi connectivity index (χ3v) is 4.94. The highest BCUT2D eigenvalue weighted by molar-refractivity contribution is 5.85. The van der Waals surface area contributed by atoms with Crippen molar-refractivity contribution >= 4 is 17.7 Å². The summed E-state index contributed by atoms with van der Waals surface area (Å²) in [6.45, 7) is 3.43. The fraction of sp³-hybridized carbons (Fsp3) is 0.400. The van der Waals surface area contributed by atoms with Crippen molar-refractivity contribution < 1.29 is 14.7 Å². The summed E-state index contributed by atoms with van der Waals surface area (Å²) in [6, 6.07) is 10.1. The summed E-state index contributed by atoms with van der Waals surface area (Å²) in [5, 5.41) is 12.1. The van der Waals surface area contributed by atoms with Crippen LogP contribution in [0.25, 0.3) is 0 Å². The molecule has 0 bridgehead atoms. The lowest BCUT2D eigenvalue weighted by molar-refractivity contribution is -0.133. The number of nitrogens with zero attached hydrogens (tertiary/aromatic N) is 3. The summed E-state index contributed by atoms with van der Waals surface area (Å²) in [4.78, 5) is 33.7. The minimum atomic E-state index is -1.09. The Balaban J connectivity index is 1.55. The number of carboxylic acids is 1. The van der Waals surface area contributed by atoms with E-state index in [1.165, 1.54) is 12.4 Å². The average Bonchev–Trinajstić information content (AvgIpc) is 2.70. The second-order valence-electron chi connectivity index (χ2n) is 6.71. The normalized spacial score (nSPS) is 16.0. The van der Waals surface area contributed by atoms with Crippen LogP contribution >= 0.6 is 0 Å². The van der Waals surface area contributed by atoms with Crippen molar-refractivity contribution in [2.75, 3.05) is 18.4 Å². The molecule has 1 aromatic carbocycles. The Morgan fingerprint density at radius 1 is 1.19 bits per heavy atom. The number of benzene rings is 1. The van der Waals surface area contributed by atoms with Gasteiger partial charge in [-0.15, -0.1) is 0 Å². The van der Waals surface area contributed by atoms with Crippen LogP contribution in [0.2, 0.25) is 0 Å². The molecular formula is C20H24N4O3. The SMILES string of the molecule is CCC(C(=O)N1CCC(Nc2cnc(C(=O)O)cn2)CC1)c1ccccc1. The number of carbonyl (C=O) groups excluding carboxylic acids is 1. The van der Waals surface area contributed by atoms with Gasteiger partial charge < -0.3 is 15.3 Å². The topological polar surface area (TPSA) is 95.4 Å². The predicted molar refractivity (Wildman–Crippen MR) is 102 cm³/mol. The molecule has 0 radical (unpaired) electrons. The molecular weight excluding hydrogens is 344 g/mol. The van der Waals surface area contributed by atoms with E-state index in [9.17, 15) is 9.59 Å². The van der Waals surface area contributed by atoms with Gasteiger partial charge in [0.15, 0.2) is 5.69 Å². The summed E-state index contributed by atoms with van der Waals surface area (Å²) in [7, 11) is 0. The second kappa shape index (κ2) is 8.62. The first-order chi connectivity index (χ1) is 13.1. The average molecular weight is 368 g/mol. The van der Waals surface area contributed by atoms with E-state index in [2.05, 4.69) is 15.3 Å². The van der Waals surface area contributed by atoms with Crippen LogP contribution in [0, 0.1) is 0 Å². The van der Waals surface area contributed by atoms with Crippen molar-refractivity contribution in [1.29, 1.82) is 0 Å². The van der Waals surface area contributed by atoms with Crippen molar-refractivity contribution in [2.24, 2.45) is 0 Å². The predicted octanol–water partition coefficient (Wildman–Crippen LogP) is 2.77. The summed E-state index contributed by atoms with van der Waals surface area (Å²) in [6.07, 6.45) is 5.10. The number of piperidine rings is 1. The molecule has 7 heteroatoms. The molecule has 1 aliphatic heterocycles. The zero-order valence-electron chi connectivity index (χ0n) is 15.3. The van der Waals surface area contributed by atoms with Gasteiger partial charge in [0.25, 0.3) is 0 Å². The van der Waals surface area contributed by atoms with Crippen LogP contribution in [0.5, 0.6) is 0 Å². The Morgan fingerprint density at radius 3 is 2.44 bits per heavy atom. The molecule has 0 saturated carbocycles. The Labute approximate surface area is 158 Å². The number of rotatable bonds is 6. The minimum absolute atomic E-state index is 0.0764. The van der Waals surface area contributed by atoms with E-state index in [0.29, 0.717) is 18.9 Å². The molecule has 2 heterocycles. The first-order valence-corrected chi connectivity index (χ1v) is 9.24. The van der Waals surface area contributed by atoms with Crippen LogP contribution < -0.4 is 5.32 Å². The Kier molecular flexibility index (Phi) is 6.01. The highest BCUT2D eigenvalue weighted by Gasteiger charge is 2.28. The molecule has 1 atom stereocenters.